The van der Waals surface area contributed by atoms with Crippen molar-refractivity contribution < 1.29 is 71.4 Å². The lowest BCUT2D eigenvalue weighted by Gasteiger charge is -2.31. The summed E-state index contributed by atoms with van der Waals surface area (Å²) in [5.41, 5.74) is 8.32. The molecule has 6 rings (SSSR count). The summed E-state index contributed by atoms with van der Waals surface area (Å²) >= 11 is 0. The third-order valence-electron chi connectivity index (χ3n) is 15.3. The van der Waals surface area contributed by atoms with Gasteiger partial charge < -0.3 is 58.6 Å². The van der Waals surface area contributed by atoms with Crippen molar-refractivity contribution in [2.45, 2.75) is 111 Å². The van der Waals surface area contributed by atoms with Gasteiger partial charge in [-0.2, -0.15) is 0 Å². The lowest BCUT2D eigenvalue weighted by Crippen LogP contribution is -2.40. The minimum atomic E-state index is -1.18. The van der Waals surface area contributed by atoms with Gasteiger partial charge in [0.15, 0.2) is 0 Å². The van der Waals surface area contributed by atoms with E-state index >= 15 is 0 Å². The standard InChI is InChI=1S/C75H98N6O15/c1-5-9-39-88-45-48-91-42-36-69(82)76-63-24-12-57(13-25-63)51-60-18-30-66(31-19-60)79-72(85)94-54-75(8-4,55-95-73(86)80-67-32-20-61(21-33-67)52-58-14-26-64(27-15-58)77-70(83)37-43-92-49-46-89-40-10-6-2)56-96-74(87)81-68-34-22-62(23-35-68)53-59-16-28-65(29-17-59)78-71(84)38-44-93-50-47-90-41-11-7-3/h12-35H,5-11,36-56H2,1-4H3,(H,76,82)(H,77,83)(H,78,84)(H,79,85)(H,80,86)(H,81,87). The maximum absolute atomic E-state index is 13.4. The predicted molar refractivity (Wildman–Crippen MR) is 374 cm³/mol. The number of rotatable bonds is 46. The number of carbonyl (C=O) groups excluding carboxylic acids is 6. The molecule has 0 aliphatic heterocycles. The monoisotopic (exact) mass is 1320 g/mol. The van der Waals surface area contributed by atoms with Crippen LogP contribution in [0.25, 0.3) is 0 Å². The molecular weight excluding hydrogens is 1220 g/mol. The Morgan fingerprint density at radius 1 is 0.281 bits per heavy atom. The fourth-order valence-electron chi connectivity index (χ4n) is 9.36. The molecule has 21 nitrogen and oxygen atoms in total. The Hall–Kier alpha value is -8.70. The molecule has 518 valence electrons. The summed E-state index contributed by atoms with van der Waals surface area (Å²) in [6.45, 7) is 13.2. The third kappa shape index (κ3) is 31.7. The Labute approximate surface area is 565 Å². The molecule has 0 aliphatic carbocycles. The van der Waals surface area contributed by atoms with Gasteiger partial charge >= 0.3 is 18.3 Å². The Kier molecular flexibility index (Phi) is 35.7. The van der Waals surface area contributed by atoms with Crippen molar-refractivity contribution in [3.05, 3.63) is 179 Å². The zero-order valence-corrected chi connectivity index (χ0v) is 56.3. The number of anilines is 6. The summed E-state index contributed by atoms with van der Waals surface area (Å²) in [7, 11) is 0. The molecule has 0 saturated carbocycles. The quantitative estimate of drug-likeness (QED) is 0.0153. The number of ether oxygens (including phenoxy) is 9. The van der Waals surface area contributed by atoms with Crippen molar-refractivity contribution in [2.75, 3.05) is 131 Å². The number of hydrogen-bond donors (Lipinski definition) is 6. The first kappa shape index (κ1) is 76.3. The zero-order valence-electron chi connectivity index (χ0n) is 56.3. The van der Waals surface area contributed by atoms with E-state index in [4.69, 9.17) is 42.6 Å². The van der Waals surface area contributed by atoms with E-state index in [9.17, 15) is 28.8 Å². The molecule has 0 radical (unpaired) electrons. The first-order valence-corrected chi connectivity index (χ1v) is 33.5. The van der Waals surface area contributed by atoms with Crippen LogP contribution in [0.5, 0.6) is 0 Å². The lowest BCUT2D eigenvalue weighted by atomic mass is 9.88. The number of hydrogen-bond acceptors (Lipinski definition) is 15. The van der Waals surface area contributed by atoms with Gasteiger partial charge in [0.1, 0.15) is 19.8 Å². The highest BCUT2D eigenvalue weighted by Crippen LogP contribution is 2.27. The molecule has 0 unspecified atom stereocenters. The van der Waals surface area contributed by atoms with E-state index in [1.165, 1.54) is 0 Å². The molecule has 6 aromatic rings. The third-order valence-corrected chi connectivity index (χ3v) is 15.3. The first-order valence-electron chi connectivity index (χ1n) is 33.5. The van der Waals surface area contributed by atoms with E-state index < -0.39 is 23.7 Å². The number of benzene rings is 6. The summed E-state index contributed by atoms with van der Waals surface area (Å²) in [5, 5.41) is 17.0. The molecule has 0 saturated heterocycles. The molecule has 0 aliphatic rings. The fraction of sp³-hybridized carbons (Fsp3) is 0.440. The molecule has 6 amide bonds. The van der Waals surface area contributed by atoms with Crippen molar-refractivity contribution in [1.29, 1.82) is 0 Å². The van der Waals surface area contributed by atoms with Crippen molar-refractivity contribution in [2.24, 2.45) is 5.41 Å². The van der Waals surface area contributed by atoms with Crippen molar-refractivity contribution in [3.8, 4) is 0 Å². The van der Waals surface area contributed by atoms with E-state index in [1.54, 1.807) is 36.4 Å². The highest BCUT2D eigenvalue weighted by Gasteiger charge is 2.35. The summed E-state index contributed by atoms with van der Waals surface area (Å²) in [5.74, 6) is -0.415. The normalized spacial score (nSPS) is 11.1. The Balaban J connectivity index is 0.984. The summed E-state index contributed by atoms with van der Waals surface area (Å²) in [6.07, 6.45) is 6.74. The van der Waals surface area contributed by atoms with Gasteiger partial charge in [-0.1, -0.05) is 120 Å². The molecule has 0 atom stereocenters. The average Bonchev–Trinajstić information content (AvgIpc) is 1.16. The largest absolute Gasteiger partial charge is 0.448 e. The first-order chi connectivity index (χ1) is 46.8. The topological polar surface area (TPSA) is 258 Å². The van der Waals surface area contributed by atoms with Crippen LogP contribution in [0.15, 0.2) is 146 Å². The minimum absolute atomic E-state index is 0.138. The zero-order chi connectivity index (χ0) is 68.3. The molecule has 21 heteroatoms. The van der Waals surface area contributed by atoms with Crippen molar-refractivity contribution in [1.82, 2.24) is 0 Å². The van der Waals surface area contributed by atoms with Gasteiger partial charge in [-0.25, -0.2) is 14.4 Å². The smallest absolute Gasteiger partial charge is 0.411 e. The van der Waals surface area contributed by atoms with Gasteiger partial charge in [-0.3, -0.25) is 30.3 Å². The lowest BCUT2D eigenvalue weighted by molar-refractivity contribution is -0.118. The van der Waals surface area contributed by atoms with Crippen molar-refractivity contribution in [3.63, 3.8) is 0 Å². The Bertz CT molecular complexity index is 2870. The maximum atomic E-state index is 13.4. The van der Waals surface area contributed by atoms with E-state index in [0.29, 0.717) is 133 Å². The second kappa shape index (κ2) is 44.9. The molecule has 0 bridgehead atoms. The molecule has 6 aromatic carbocycles. The van der Waals surface area contributed by atoms with Crippen LogP contribution in [0.2, 0.25) is 0 Å². The number of nitrogens with one attached hydrogen (secondary N) is 6. The summed E-state index contributed by atoms with van der Waals surface area (Å²) < 4.78 is 50.4. The van der Waals surface area contributed by atoms with Crippen LogP contribution in [-0.4, -0.2) is 135 Å². The molecular formula is C75H98N6O15. The van der Waals surface area contributed by atoms with Gasteiger partial charge in [0.05, 0.1) is 84.1 Å². The van der Waals surface area contributed by atoms with Crippen LogP contribution in [0.3, 0.4) is 0 Å². The maximum Gasteiger partial charge on any atom is 0.411 e. The van der Waals surface area contributed by atoms with E-state index in [1.807, 2.05) is 116 Å². The fourth-order valence-corrected chi connectivity index (χ4v) is 9.36. The Morgan fingerprint density at radius 3 is 0.698 bits per heavy atom. The van der Waals surface area contributed by atoms with E-state index in [-0.39, 0.29) is 63.2 Å². The van der Waals surface area contributed by atoms with Gasteiger partial charge in [0.25, 0.3) is 0 Å². The van der Waals surface area contributed by atoms with Crippen molar-refractivity contribution >= 4 is 70.1 Å². The number of unbranched alkanes of at least 4 members (excludes halogenated alkanes) is 3. The van der Waals surface area contributed by atoms with Crippen LogP contribution in [-0.2, 0) is 76.3 Å². The number of amides is 6. The molecule has 96 heavy (non-hydrogen) atoms. The second-order valence-electron chi connectivity index (χ2n) is 23.3. The molecule has 0 fully saturated rings. The summed E-state index contributed by atoms with van der Waals surface area (Å²) in [4.78, 5) is 77.7. The molecule has 0 spiro atoms. The van der Waals surface area contributed by atoms with Crippen LogP contribution in [0.1, 0.15) is 125 Å². The average molecular weight is 1320 g/mol. The van der Waals surface area contributed by atoms with Gasteiger partial charge in [-0.05, 0) is 151 Å². The molecule has 6 N–H and O–H groups in total. The summed E-state index contributed by atoms with van der Waals surface area (Å²) in [6, 6.07) is 44.7. The van der Waals surface area contributed by atoms with Crippen LogP contribution in [0, 0.1) is 5.41 Å². The SMILES string of the molecule is CCCCOCCOCCC(=O)Nc1ccc(Cc2ccc(NC(=O)OCC(CC)(COC(=O)Nc3ccc(Cc4ccc(NC(=O)CCOCCOCCCC)cc4)cc3)COC(=O)Nc3ccc(Cc4ccc(NC(=O)CCOCCOCCCC)cc4)cc3)cc2)cc1. The highest BCUT2D eigenvalue weighted by atomic mass is 16.6. The minimum Gasteiger partial charge on any atom is -0.448 e. The van der Waals surface area contributed by atoms with Crippen LogP contribution >= 0.6 is 0 Å². The van der Waals surface area contributed by atoms with Gasteiger partial charge in [-0.15, -0.1) is 0 Å². The molecule has 0 aromatic heterocycles. The second-order valence-corrected chi connectivity index (χ2v) is 23.3. The molecule has 0 heterocycles. The van der Waals surface area contributed by atoms with E-state index in [0.717, 1.165) is 71.9 Å². The van der Waals surface area contributed by atoms with E-state index in [2.05, 4.69) is 52.7 Å². The predicted octanol–water partition coefficient (Wildman–Crippen LogP) is 14.4. The Morgan fingerprint density at radius 2 is 0.490 bits per heavy atom. The van der Waals surface area contributed by atoms with Crippen LogP contribution in [0.4, 0.5) is 48.5 Å². The van der Waals surface area contributed by atoms with Gasteiger partial charge in [0.2, 0.25) is 17.7 Å². The number of carbonyl (C=O) groups is 6. The highest BCUT2D eigenvalue weighted by molar-refractivity contribution is 5.92. The van der Waals surface area contributed by atoms with Crippen LogP contribution < -0.4 is 31.9 Å². The van der Waals surface area contributed by atoms with Gasteiger partial charge in [0, 0.05) is 53.9 Å².